The zero-order valence-electron chi connectivity index (χ0n) is 10.8. The maximum Gasteiger partial charge on any atom is 0.270 e. The van der Waals surface area contributed by atoms with Crippen LogP contribution in [0.5, 0.6) is 0 Å². The number of rotatable bonds is 2. The molecule has 0 atom stereocenters. The van der Waals surface area contributed by atoms with Gasteiger partial charge in [-0.1, -0.05) is 70.2 Å². The van der Waals surface area contributed by atoms with E-state index in [0.29, 0.717) is 9.23 Å². The van der Waals surface area contributed by atoms with Gasteiger partial charge in [0, 0.05) is 4.47 Å². The number of para-hydroxylation sites is 1. The summed E-state index contributed by atoms with van der Waals surface area (Å²) in [5.74, 6) is -0.0703. The lowest BCUT2D eigenvalue weighted by atomic mass is 10.2. The van der Waals surface area contributed by atoms with E-state index in [0.717, 1.165) is 15.7 Å². The average molecular weight is 376 g/mol. The van der Waals surface area contributed by atoms with E-state index in [2.05, 4.69) is 15.9 Å². The van der Waals surface area contributed by atoms with Crippen LogP contribution in [0.25, 0.3) is 6.08 Å². The first-order valence-electron chi connectivity index (χ1n) is 6.24. The number of anilines is 1. The molecule has 1 aliphatic rings. The van der Waals surface area contributed by atoms with Crippen molar-refractivity contribution in [1.29, 1.82) is 0 Å². The van der Waals surface area contributed by atoms with Crippen LogP contribution in [0.2, 0.25) is 0 Å². The summed E-state index contributed by atoms with van der Waals surface area (Å²) in [5.41, 5.74) is 1.78. The molecule has 2 aromatic carbocycles. The first-order chi connectivity index (χ1) is 10.1. The molecular weight excluding hydrogens is 366 g/mol. The topological polar surface area (TPSA) is 20.3 Å². The maximum absolute atomic E-state index is 12.5. The van der Waals surface area contributed by atoms with E-state index in [1.807, 2.05) is 60.7 Å². The number of halogens is 1. The molecule has 1 saturated heterocycles. The summed E-state index contributed by atoms with van der Waals surface area (Å²) in [6.07, 6.45) is 1.87. The number of carbonyl (C=O) groups excluding carboxylic acids is 1. The summed E-state index contributed by atoms with van der Waals surface area (Å²) in [6, 6.07) is 17.3. The number of benzene rings is 2. The minimum Gasteiger partial charge on any atom is -0.268 e. The molecule has 0 radical (unpaired) electrons. The van der Waals surface area contributed by atoms with Crippen molar-refractivity contribution in [3.05, 3.63) is 69.5 Å². The third-order valence-corrected chi connectivity index (χ3v) is 4.81. The molecule has 0 N–H and O–H groups in total. The summed E-state index contributed by atoms with van der Waals surface area (Å²) in [4.78, 5) is 14.7. The minimum atomic E-state index is -0.0703. The summed E-state index contributed by atoms with van der Waals surface area (Å²) in [7, 11) is 0. The SMILES string of the molecule is O=C1C(=Cc2ccc(Br)cc2)SC(=S)N1c1ccccc1. The Bertz CT molecular complexity index is 726. The molecule has 0 unspecified atom stereocenters. The van der Waals surface area contributed by atoms with Crippen LogP contribution in [0.15, 0.2) is 64.0 Å². The van der Waals surface area contributed by atoms with E-state index in [9.17, 15) is 4.79 Å². The highest BCUT2D eigenvalue weighted by molar-refractivity contribution is 9.10. The number of nitrogens with zero attached hydrogens (tertiary/aromatic N) is 1. The Hall–Kier alpha value is -1.43. The lowest BCUT2D eigenvalue weighted by Gasteiger charge is -2.13. The molecule has 0 bridgehead atoms. The normalized spacial score (nSPS) is 16.8. The van der Waals surface area contributed by atoms with E-state index in [-0.39, 0.29) is 5.91 Å². The fourth-order valence-electron chi connectivity index (χ4n) is 1.98. The van der Waals surface area contributed by atoms with Gasteiger partial charge in [-0.25, -0.2) is 0 Å². The standard InChI is InChI=1S/C16H10BrNOS2/c17-12-8-6-11(7-9-12)10-14-15(19)18(16(20)21-14)13-4-2-1-3-5-13/h1-10H. The molecule has 0 spiro atoms. The van der Waals surface area contributed by atoms with E-state index >= 15 is 0 Å². The first-order valence-corrected chi connectivity index (χ1v) is 8.25. The number of amides is 1. The van der Waals surface area contributed by atoms with E-state index in [4.69, 9.17) is 12.2 Å². The smallest absolute Gasteiger partial charge is 0.268 e. The lowest BCUT2D eigenvalue weighted by molar-refractivity contribution is -0.113. The Morgan fingerprint density at radius 3 is 2.38 bits per heavy atom. The molecule has 5 heteroatoms. The summed E-state index contributed by atoms with van der Waals surface area (Å²) < 4.78 is 1.58. The van der Waals surface area contributed by atoms with Gasteiger partial charge in [0.25, 0.3) is 5.91 Å². The highest BCUT2D eigenvalue weighted by atomic mass is 79.9. The highest BCUT2D eigenvalue weighted by Gasteiger charge is 2.33. The van der Waals surface area contributed by atoms with Crippen molar-refractivity contribution in [2.45, 2.75) is 0 Å². The van der Waals surface area contributed by atoms with Crippen molar-refractivity contribution in [2.75, 3.05) is 4.90 Å². The van der Waals surface area contributed by atoms with Crippen LogP contribution in [-0.2, 0) is 4.79 Å². The monoisotopic (exact) mass is 375 g/mol. The molecule has 1 aliphatic heterocycles. The number of thioether (sulfide) groups is 1. The zero-order valence-corrected chi connectivity index (χ0v) is 14.0. The highest BCUT2D eigenvalue weighted by Crippen LogP contribution is 2.35. The second kappa shape index (κ2) is 6.13. The predicted octanol–water partition coefficient (Wildman–Crippen LogP) is 4.85. The van der Waals surface area contributed by atoms with Crippen molar-refractivity contribution in [1.82, 2.24) is 0 Å². The van der Waals surface area contributed by atoms with Gasteiger partial charge in [0.2, 0.25) is 0 Å². The Balaban J connectivity index is 1.92. The third kappa shape index (κ3) is 3.10. The predicted molar refractivity (Wildman–Crippen MR) is 96.2 cm³/mol. The minimum absolute atomic E-state index is 0.0703. The van der Waals surface area contributed by atoms with Gasteiger partial charge in [-0.3, -0.25) is 9.69 Å². The van der Waals surface area contributed by atoms with E-state index in [1.165, 1.54) is 11.8 Å². The third-order valence-electron chi connectivity index (χ3n) is 2.98. The van der Waals surface area contributed by atoms with Crippen LogP contribution in [0, 0.1) is 0 Å². The summed E-state index contributed by atoms with van der Waals surface area (Å²) in [6.45, 7) is 0. The molecule has 0 saturated carbocycles. The van der Waals surface area contributed by atoms with Crippen molar-refractivity contribution in [3.63, 3.8) is 0 Å². The van der Waals surface area contributed by atoms with Crippen LogP contribution in [-0.4, -0.2) is 10.2 Å². The Morgan fingerprint density at radius 2 is 1.71 bits per heavy atom. The summed E-state index contributed by atoms with van der Waals surface area (Å²) in [5, 5.41) is 0. The summed E-state index contributed by atoms with van der Waals surface area (Å²) >= 11 is 10.1. The first kappa shape index (κ1) is 14.5. The van der Waals surface area contributed by atoms with Crippen LogP contribution in [0.3, 0.4) is 0 Å². The molecule has 21 heavy (non-hydrogen) atoms. The van der Waals surface area contributed by atoms with Gasteiger partial charge in [0.15, 0.2) is 4.32 Å². The molecule has 1 heterocycles. The van der Waals surface area contributed by atoms with E-state index in [1.54, 1.807) is 4.90 Å². The van der Waals surface area contributed by atoms with E-state index < -0.39 is 0 Å². The molecule has 2 aromatic rings. The van der Waals surface area contributed by atoms with Crippen LogP contribution in [0.4, 0.5) is 5.69 Å². The molecule has 1 fully saturated rings. The number of hydrogen-bond donors (Lipinski definition) is 0. The molecule has 2 nitrogen and oxygen atoms in total. The molecule has 1 amide bonds. The van der Waals surface area contributed by atoms with Gasteiger partial charge in [-0.2, -0.15) is 0 Å². The Morgan fingerprint density at radius 1 is 1.05 bits per heavy atom. The quantitative estimate of drug-likeness (QED) is 0.552. The zero-order chi connectivity index (χ0) is 14.8. The van der Waals surface area contributed by atoms with Gasteiger partial charge in [0.1, 0.15) is 0 Å². The fraction of sp³-hybridized carbons (Fsp3) is 0. The fourth-order valence-corrected chi connectivity index (χ4v) is 3.54. The van der Waals surface area contributed by atoms with Gasteiger partial charge in [0.05, 0.1) is 10.6 Å². The second-order valence-corrected chi connectivity index (χ2v) is 7.00. The van der Waals surface area contributed by atoms with Gasteiger partial charge in [-0.05, 0) is 35.9 Å². The molecular formula is C16H10BrNOS2. The van der Waals surface area contributed by atoms with Crippen molar-refractivity contribution in [3.8, 4) is 0 Å². The van der Waals surface area contributed by atoms with Crippen molar-refractivity contribution >= 4 is 61.9 Å². The van der Waals surface area contributed by atoms with Crippen LogP contribution < -0.4 is 4.90 Å². The molecule has 0 aromatic heterocycles. The lowest BCUT2D eigenvalue weighted by Crippen LogP contribution is -2.27. The van der Waals surface area contributed by atoms with Gasteiger partial charge >= 0.3 is 0 Å². The average Bonchev–Trinajstić information content (AvgIpc) is 2.77. The van der Waals surface area contributed by atoms with Crippen LogP contribution >= 0.6 is 39.9 Å². The maximum atomic E-state index is 12.5. The molecule has 3 rings (SSSR count). The second-order valence-electron chi connectivity index (χ2n) is 4.40. The Kier molecular flexibility index (Phi) is 4.24. The van der Waals surface area contributed by atoms with Crippen molar-refractivity contribution < 1.29 is 4.79 Å². The largest absolute Gasteiger partial charge is 0.270 e. The molecule has 0 aliphatic carbocycles. The van der Waals surface area contributed by atoms with Gasteiger partial charge < -0.3 is 0 Å². The number of carbonyl (C=O) groups is 1. The Labute approximate surface area is 141 Å². The molecule has 104 valence electrons. The number of thiocarbonyl (C=S) groups is 1. The van der Waals surface area contributed by atoms with Crippen molar-refractivity contribution in [2.24, 2.45) is 0 Å². The van der Waals surface area contributed by atoms with Crippen LogP contribution in [0.1, 0.15) is 5.56 Å². The van der Waals surface area contributed by atoms with Gasteiger partial charge in [-0.15, -0.1) is 0 Å². The number of hydrogen-bond acceptors (Lipinski definition) is 3.